The fourth-order valence-corrected chi connectivity index (χ4v) is 1.81. The first-order valence-corrected chi connectivity index (χ1v) is 5.12. The standard InChI is InChI=1S/C10H17N3O/c1-8-5-10(14-12-8)7-13-4-3-11-6-9(13)2/h5,9,11H,3-4,6-7H2,1-2H3/t9-/m1/s1. The Kier molecular flexibility index (Phi) is 2.84. The average molecular weight is 195 g/mol. The third kappa shape index (κ3) is 2.13. The second kappa shape index (κ2) is 4.11. The lowest BCUT2D eigenvalue weighted by Crippen LogP contribution is -2.49. The first kappa shape index (κ1) is 9.68. The van der Waals surface area contributed by atoms with Crippen LogP contribution in [0.1, 0.15) is 18.4 Å². The van der Waals surface area contributed by atoms with E-state index in [0.29, 0.717) is 6.04 Å². The lowest BCUT2D eigenvalue weighted by Gasteiger charge is -2.32. The molecule has 14 heavy (non-hydrogen) atoms. The summed E-state index contributed by atoms with van der Waals surface area (Å²) in [6.45, 7) is 8.28. The number of hydrogen-bond acceptors (Lipinski definition) is 4. The predicted molar refractivity (Wildman–Crippen MR) is 54.0 cm³/mol. The quantitative estimate of drug-likeness (QED) is 0.757. The van der Waals surface area contributed by atoms with Crippen molar-refractivity contribution in [3.63, 3.8) is 0 Å². The maximum absolute atomic E-state index is 5.20. The number of nitrogens with one attached hydrogen (secondary N) is 1. The minimum Gasteiger partial charge on any atom is -0.360 e. The molecule has 0 saturated carbocycles. The largest absolute Gasteiger partial charge is 0.360 e. The number of aryl methyl sites for hydroxylation is 1. The molecule has 0 unspecified atom stereocenters. The van der Waals surface area contributed by atoms with Crippen molar-refractivity contribution in [2.75, 3.05) is 19.6 Å². The van der Waals surface area contributed by atoms with E-state index in [2.05, 4.69) is 22.3 Å². The van der Waals surface area contributed by atoms with Crippen molar-refractivity contribution in [2.24, 2.45) is 0 Å². The van der Waals surface area contributed by atoms with Gasteiger partial charge in [0.2, 0.25) is 0 Å². The molecule has 1 aromatic rings. The van der Waals surface area contributed by atoms with E-state index < -0.39 is 0 Å². The van der Waals surface area contributed by atoms with E-state index in [1.54, 1.807) is 0 Å². The van der Waals surface area contributed by atoms with Gasteiger partial charge in [-0.3, -0.25) is 4.90 Å². The molecule has 2 heterocycles. The van der Waals surface area contributed by atoms with Crippen LogP contribution in [0.25, 0.3) is 0 Å². The Labute approximate surface area is 84.3 Å². The number of hydrogen-bond donors (Lipinski definition) is 1. The molecule has 4 nitrogen and oxygen atoms in total. The van der Waals surface area contributed by atoms with Gasteiger partial charge in [0.25, 0.3) is 0 Å². The van der Waals surface area contributed by atoms with Crippen LogP contribution in [0.15, 0.2) is 10.6 Å². The van der Waals surface area contributed by atoms with Crippen molar-refractivity contribution < 1.29 is 4.52 Å². The molecule has 1 aliphatic heterocycles. The third-order valence-corrected chi connectivity index (χ3v) is 2.67. The zero-order valence-corrected chi connectivity index (χ0v) is 8.79. The number of nitrogens with zero attached hydrogens (tertiary/aromatic N) is 2. The maximum Gasteiger partial charge on any atom is 0.150 e. The molecule has 4 heteroatoms. The summed E-state index contributed by atoms with van der Waals surface area (Å²) >= 11 is 0. The summed E-state index contributed by atoms with van der Waals surface area (Å²) in [4.78, 5) is 2.41. The van der Waals surface area contributed by atoms with Crippen molar-refractivity contribution in [2.45, 2.75) is 26.4 Å². The van der Waals surface area contributed by atoms with Crippen LogP contribution in [0, 0.1) is 6.92 Å². The minimum absolute atomic E-state index is 0.578. The number of aromatic nitrogens is 1. The summed E-state index contributed by atoms with van der Waals surface area (Å²) in [5.41, 5.74) is 0.961. The Morgan fingerprint density at radius 3 is 3.21 bits per heavy atom. The van der Waals surface area contributed by atoms with Crippen LogP contribution in [0.4, 0.5) is 0 Å². The second-order valence-electron chi connectivity index (χ2n) is 3.96. The monoisotopic (exact) mass is 195 g/mol. The summed E-state index contributed by atoms with van der Waals surface area (Å²) in [6, 6.07) is 2.59. The molecule has 78 valence electrons. The van der Waals surface area contributed by atoms with Crippen LogP contribution in [0.5, 0.6) is 0 Å². The van der Waals surface area contributed by atoms with Gasteiger partial charge in [-0.1, -0.05) is 5.16 Å². The van der Waals surface area contributed by atoms with E-state index >= 15 is 0 Å². The summed E-state index contributed by atoms with van der Waals surface area (Å²) in [7, 11) is 0. The Bertz CT molecular complexity index is 297. The van der Waals surface area contributed by atoms with Crippen LogP contribution in [-0.2, 0) is 6.54 Å². The molecule has 0 radical (unpaired) electrons. The van der Waals surface area contributed by atoms with Gasteiger partial charge in [0, 0.05) is 31.7 Å². The Balaban J connectivity index is 1.95. The highest BCUT2D eigenvalue weighted by Gasteiger charge is 2.19. The SMILES string of the molecule is Cc1cc(CN2CCNC[C@H]2C)on1. The molecule has 1 aromatic heterocycles. The molecule has 1 atom stereocenters. The molecule has 2 rings (SSSR count). The smallest absolute Gasteiger partial charge is 0.150 e. The normalized spacial score (nSPS) is 24.0. The average Bonchev–Trinajstić information content (AvgIpc) is 2.56. The molecule has 0 spiro atoms. The second-order valence-corrected chi connectivity index (χ2v) is 3.96. The molecular weight excluding hydrogens is 178 g/mol. The van der Waals surface area contributed by atoms with Gasteiger partial charge in [-0.05, 0) is 13.8 Å². The molecule has 1 fully saturated rings. The van der Waals surface area contributed by atoms with Crippen molar-refractivity contribution in [3.8, 4) is 0 Å². The minimum atomic E-state index is 0.578. The summed E-state index contributed by atoms with van der Waals surface area (Å²) in [6.07, 6.45) is 0. The Hall–Kier alpha value is -0.870. The van der Waals surface area contributed by atoms with Crippen LogP contribution in [0.3, 0.4) is 0 Å². The van der Waals surface area contributed by atoms with Gasteiger partial charge < -0.3 is 9.84 Å². The zero-order valence-electron chi connectivity index (χ0n) is 8.79. The van der Waals surface area contributed by atoms with Gasteiger partial charge in [0.1, 0.15) is 0 Å². The van der Waals surface area contributed by atoms with Crippen molar-refractivity contribution in [1.82, 2.24) is 15.4 Å². The van der Waals surface area contributed by atoms with Gasteiger partial charge in [0.05, 0.1) is 12.2 Å². The van der Waals surface area contributed by atoms with Gasteiger partial charge in [0.15, 0.2) is 5.76 Å². The first-order valence-electron chi connectivity index (χ1n) is 5.12. The molecule has 1 N–H and O–H groups in total. The first-order chi connectivity index (χ1) is 6.75. The molecule has 1 saturated heterocycles. The number of piperazine rings is 1. The van der Waals surface area contributed by atoms with Crippen LogP contribution >= 0.6 is 0 Å². The summed E-state index contributed by atoms with van der Waals surface area (Å²) < 4.78 is 5.20. The molecule has 0 bridgehead atoms. The fourth-order valence-electron chi connectivity index (χ4n) is 1.81. The summed E-state index contributed by atoms with van der Waals surface area (Å²) in [5.74, 6) is 0.969. The van der Waals surface area contributed by atoms with Crippen LogP contribution in [-0.4, -0.2) is 35.7 Å². The van der Waals surface area contributed by atoms with Gasteiger partial charge in [-0.2, -0.15) is 0 Å². The van der Waals surface area contributed by atoms with E-state index in [1.165, 1.54) is 0 Å². The summed E-state index contributed by atoms with van der Waals surface area (Å²) in [5, 5.41) is 7.26. The Morgan fingerprint density at radius 1 is 1.71 bits per heavy atom. The van der Waals surface area contributed by atoms with E-state index in [-0.39, 0.29) is 0 Å². The zero-order chi connectivity index (χ0) is 9.97. The Morgan fingerprint density at radius 2 is 2.57 bits per heavy atom. The van der Waals surface area contributed by atoms with Crippen molar-refractivity contribution in [3.05, 3.63) is 17.5 Å². The molecule has 0 aromatic carbocycles. The molecule has 1 aliphatic rings. The van der Waals surface area contributed by atoms with E-state index in [0.717, 1.165) is 37.6 Å². The molecule has 0 amide bonds. The highest BCUT2D eigenvalue weighted by Crippen LogP contribution is 2.10. The van der Waals surface area contributed by atoms with Gasteiger partial charge in [-0.15, -0.1) is 0 Å². The molecular formula is C10H17N3O. The van der Waals surface area contributed by atoms with E-state index in [4.69, 9.17) is 4.52 Å². The third-order valence-electron chi connectivity index (χ3n) is 2.67. The van der Waals surface area contributed by atoms with Gasteiger partial charge >= 0.3 is 0 Å². The van der Waals surface area contributed by atoms with E-state index in [1.807, 2.05) is 13.0 Å². The predicted octanol–water partition coefficient (Wildman–Crippen LogP) is 0.777. The number of rotatable bonds is 2. The van der Waals surface area contributed by atoms with Gasteiger partial charge in [-0.25, -0.2) is 0 Å². The van der Waals surface area contributed by atoms with Crippen LogP contribution < -0.4 is 5.32 Å². The lowest BCUT2D eigenvalue weighted by molar-refractivity contribution is 0.149. The van der Waals surface area contributed by atoms with Crippen LogP contribution in [0.2, 0.25) is 0 Å². The van der Waals surface area contributed by atoms with Crippen molar-refractivity contribution >= 4 is 0 Å². The lowest BCUT2D eigenvalue weighted by atomic mass is 10.2. The highest BCUT2D eigenvalue weighted by molar-refractivity contribution is 5.03. The van der Waals surface area contributed by atoms with E-state index in [9.17, 15) is 0 Å². The fraction of sp³-hybridized carbons (Fsp3) is 0.700. The maximum atomic E-state index is 5.20. The highest BCUT2D eigenvalue weighted by atomic mass is 16.5. The molecule has 0 aliphatic carbocycles. The van der Waals surface area contributed by atoms with Crippen molar-refractivity contribution in [1.29, 1.82) is 0 Å². The topological polar surface area (TPSA) is 41.3 Å².